The van der Waals surface area contributed by atoms with Crippen molar-refractivity contribution in [2.45, 2.75) is 52.1 Å². The van der Waals surface area contributed by atoms with Gasteiger partial charge in [-0.1, -0.05) is 38.1 Å². The van der Waals surface area contributed by atoms with Gasteiger partial charge in [0.05, 0.1) is 13.2 Å². The van der Waals surface area contributed by atoms with Crippen LogP contribution in [0.25, 0.3) is 11.3 Å². The van der Waals surface area contributed by atoms with Gasteiger partial charge in [0.1, 0.15) is 0 Å². The maximum atomic E-state index is 5.54. The SMILES string of the molecule is Cc1c(CN2CCOCC2)cc(-c2ccc(C(C)C)cc2)n1[C@@H]1CCCNC1. The number of hydrogen-bond acceptors (Lipinski definition) is 3. The van der Waals surface area contributed by atoms with E-state index in [4.69, 9.17) is 4.74 Å². The summed E-state index contributed by atoms with van der Waals surface area (Å²) in [5.41, 5.74) is 7.03. The molecule has 2 saturated heterocycles. The van der Waals surface area contributed by atoms with Gasteiger partial charge in [0, 0.05) is 43.6 Å². The van der Waals surface area contributed by atoms with E-state index in [0.717, 1.165) is 45.9 Å². The molecule has 0 saturated carbocycles. The van der Waals surface area contributed by atoms with Crippen molar-refractivity contribution >= 4 is 0 Å². The highest BCUT2D eigenvalue weighted by molar-refractivity contribution is 5.63. The van der Waals surface area contributed by atoms with Gasteiger partial charge >= 0.3 is 0 Å². The number of rotatable bonds is 5. The standard InChI is InChI=1S/C24H35N3O/c1-18(2)20-6-8-21(9-7-20)24-15-22(17-26-11-13-28-14-12-26)19(3)27(24)23-5-4-10-25-16-23/h6-9,15,18,23,25H,4-5,10-14,16-17H2,1-3H3/t23-/m1/s1. The summed E-state index contributed by atoms with van der Waals surface area (Å²) in [6.45, 7) is 13.9. The second kappa shape index (κ2) is 8.81. The van der Waals surface area contributed by atoms with E-state index in [2.05, 4.69) is 65.9 Å². The Labute approximate surface area is 169 Å². The lowest BCUT2D eigenvalue weighted by Crippen LogP contribution is -2.36. The Morgan fingerprint density at radius 2 is 1.89 bits per heavy atom. The molecule has 0 radical (unpaired) electrons. The molecule has 4 nitrogen and oxygen atoms in total. The van der Waals surface area contributed by atoms with Crippen LogP contribution in [0.3, 0.4) is 0 Å². The Balaban J connectivity index is 1.68. The summed E-state index contributed by atoms with van der Waals surface area (Å²) < 4.78 is 8.15. The van der Waals surface area contributed by atoms with Gasteiger partial charge in [-0.25, -0.2) is 0 Å². The topological polar surface area (TPSA) is 29.4 Å². The van der Waals surface area contributed by atoms with Crippen molar-refractivity contribution in [2.75, 3.05) is 39.4 Å². The fourth-order valence-electron chi connectivity index (χ4n) is 4.62. The van der Waals surface area contributed by atoms with Crippen LogP contribution in [0, 0.1) is 6.92 Å². The summed E-state index contributed by atoms with van der Waals surface area (Å²) in [4.78, 5) is 2.53. The van der Waals surface area contributed by atoms with Gasteiger partial charge in [0.2, 0.25) is 0 Å². The zero-order valence-corrected chi connectivity index (χ0v) is 17.7. The van der Waals surface area contributed by atoms with Crippen molar-refractivity contribution in [1.82, 2.24) is 14.8 Å². The fraction of sp³-hybridized carbons (Fsp3) is 0.583. The van der Waals surface area contributed by atoms with Gasteiger partial charge in [0.25, 0.3) is 0 Å². The van der Waals surface area contributed by atoms with Crippen LogP contribution in [-0.4, -0.2) is 48.9 Å². The summed E-state index contributed by atoms with van der Waals surface area (Å²) in [5, 5.41) is 3.61. The van der Waals surface area contributed by atoms with E-state index in [1.165, 1.54) is 40.9 Å². The van der Waals surface area contributed by atoms with E-state index in [-0.39, 0.29) is 0 Å². The Morgan fingerprint density at radius 1 is 1.14 bits per heavy atom. The zero-order valence-electron chi connectivity index (χ0n) is 17.7. The van der Waals surface area contributed by atoms with Gasteiger partial charge in [-0.15, -0.1) is 0 Å². The second-order valence-corrected chi connectivity index (χ2v) is 8.68. The van der Waals surface area contributed by atoms with Crippen LogP contribution in [0.4, 0.5) is 0 Å². The van der Waals surface area contributed by atoms with Crippen molar-refractivity contribution < 1.29 is 4.74 Å². The van der Waals surface area contributed by atoms with Crippen LogP contribution < -0.4 is 5.32 Å². The van der Waals surface area contributed by atoms with Crippen LogP contribution in [0.5, 0.6) is 0 Å². The van der Waals surface area contributed by atoms with Crippen molar-refractivity contribution in [3.63, 3.8) is 0 Å². The number of ether oxygens (including phenoxy) is 1. The number of nitrogens with zero attached hydrogens (tertiary/aromatic N) is 2. The minimum absolute atomic E-state index is 0.548. The average Bonchev–Trinajstić information content (AvgIpc) is 3.05. The van der Waals surface area contributed by atoms with E-state index in [1.54, 1.807) is 0 Å². The van der Waals surface area contributed by atoms with Crippen molar-refractivity contribution in [3.05, 3.63) is 47.2 Å². The van der Waals surface area contributed by atoms with Crippen LogP contribution in [-0.2, 0) is 11.3 Å². The van der Waals surface area contributed by atoms with Gasteiger partial charge in [-0.05, 0) is 55.0 Å². The fourth-order valence-corrected chi connectivity index (χ4v) is 4.62. The lowest BCUT2D eigenvalue weighted by Gasteiger charge is -2.29. The van der Waals surface area contributed by atoms with Gasteiger partial charge in [0.15, 0.2) is 0 Å². The first-order chi connectivity index (χ1) is 13.6. The Hall–Kier alpha value is -1.62. The number of benzene rings is 1. The third-order valence-electron chi connectivity index (χ3n) is 6.40. The molecule has 0 aliphatic carbocycles. The molecule has 0 unspecified atom stereocenters. The summed E-state index contributed by atoms with van der Waals surface area (Å²) in [5.74, 6) is 0.571. The van der Waals surface area contributed by atoms with Crippen molar-refractivity contribution in [1.29, 1.82) is 0 Å². The maximum absolute atomic E-state index is 5.54. The average molecular weight is 382 g/mol. The molecule has 2 fully saturated rings. The molecular weight excluding hydrogens is 346 g/mol. The molecule has 0 spiro atoms. The molecule has 0 amide bonds. The molecule has 2 aliphatic heterocycles. The minimum Gasteiger partial charge on any atom is -0.379 e. The number of aromatic nitrogens is 1. The highest BCUT2D eigenvalue weighted by atomic mass is 16.5. The Kier molecular flexibility index (Phi) is 6.19. The Morgan fingerprint density at radius 3 is 2.54 bits per heavy atom. The molecule has 4 heteroatoms. The third kappa shape index (κ3) is 4.19. The van der Waals surface area contributed by atoms with E-state index in [9.17, 15) is 0 Å². The first kappa shape index (κ1) is 19.7. The molecular formula is C24H35N3O. The lowest BCUT2D eigenvalue weighted by molar-refractivity contribution is 0.0341. The number of nitrogens with one attached hydrogen (secondary N) is 1. The smallest absolute Gasteiger partial charge is 0.0594 e. The summed E-state index contributed by atoms with van der Waals surface area (Å²) in [6, 6.07) is 12.2. The largest absolute Gasteiger partial charge is 0.379 e. The minimum atomic E-state index is 0.548. The molecule has 28 heavy (non-hydrogen) atoms. The molecule has 152 valence electrons. The highest BCUT2D eigenvalue weighted by Gasteiger charge is 2.23. The van der Waals surface area contributed by atoms with Crippen LogP contribution in [0.15, 0.2) is 30.3 Å². The normalized spacial score (nSPS) is 21.4. The predicted octanol–water partition coefficient (Wildman–Crippen LogP) is 4.34. The van der Waals surface area contributed by atoms with Gasteiger partial charge in [-0.2, -0.15) is 0 Å². The molecule has 2 aromatic rings. The van der Waals surface area contributed by atoms with Gasteiger partial charge < -0.3 is 14.6 Å². The van der Waals surface area contributed by atoms with Crippen LogP contribution in [0.2, 0.25) is 0 Å². The number of hydrogen-bond donors (Lipinski definition) is 1. The predicted molar refractivity (Wildman–Crippen MR) is 116 cm³/mol. The van der Waals surface area contributed by atoms with Crippen LogP contribution >= 0.6 is 0 Å². The van der Waals surface area contributed by atoms with Gasteiger partial charge in [-0.3, -0.25) is 4.90 Å². The Bertz CT molecular complexity index is 766. The van der Waals surface area contributed by atoms with Crippen molar-refractivity contribution in [2.24, 2.45) is 0 Å². The molecule has 1 aromatic carbocycles. The summed E-state index contributed by atoms with van der Waals surface area (Å²) in [6.07, 6.45) is 2.52. The molecule has 1 N–H and O–H groups in total. The molecule has 1 aromatic heterocycles. The maximum Gasteiger partial charge on any atom is 0.0594 e. The van der Waals surface area contributed by atoms with E-state index < -0.39 is 0 Å². The summed E-state index contributed by atoms with van der Waals surface area (Å²) in [7, 11) is 0. The first-order valence-corrected chi connectivity index (χ1v) is 11.0. The van der Waals surface area contributed by atoms with Crippen molar-refractivity contribution in [3.8, 4) is 11.3 Å². The second-order valence-electron chi connectivity index (χ2n) is 8.68. The number of piperidine rings is 1. The number of morpholine rings is 1. The monoisotopic (exact) mass is 381 g/mol. The third-order valence-corrected chi connectivity index (χ3v) is 6.40. The molecule has 3 heterocycles. The highest BCUT2D eigenvalue weighted by Crippen LogP contribution is 2.33. The van der Waals surface area contributed by atoms with E-state index >= 15 is 0 Å². The summed E-state index contributed by atoms with van der Waals surface area (Å²) >= 11 is 0. The van der Waals surface area contributed by atoms with Crippen LogP contribution in [0.1, 0.15) is 55.5 Å². The molecule has 2 aliphatic rings. The quantitative estimate of drug-likeness (QED) is 0.835. The molecule has 1 atom stereocenters. The molecule has 4 rings (SSSR count). The zero-order chi connectivity index (χ0) is 19.5. The van der Waals surface area contributed by atoms with E-state index in [1.807, 2.05) is 0 Å². The first-order valence-electron chi connectivity index (χ1n) is 11.0. The lowest BCUT2D eigenvalue weighted by atomic mass is 10.0. The molecule has 0 bridgehead atoms. The van der Waals surface area contributed by atoms with E-state index in [0.29, 0.717) is 12.0 Å².